The molecule has 0 unspecified atom stereocenters. The van der Waals surface area contributed by atoms with Gasteiger partial charge < -0.3 is 5.32 Å². The molecule has 0 aliphatic heterocycles. The average Bonchev–Trinajstić information content (AvgIpc) is 2.44. The Bertz CT molecular complexity index is 456. The van der Waals surface area contributed by atoms with Crippen LogP contribution in [0.2, 0.25) is 5.02 Å². The SMILES string of the molecule is CC.CC/C(C)=N\C(=NC)Nc1ccc(Cl)c(F)c1. The van der Waals surface area contributed by atoms with Crippen LogP contribution in [-0.4, -0.2) is 18.7 Å². The van der Waals surface area contributed by atoms with E-state index in [1.54, 1.807) is 13.1 Å². The summed E-state index contributed by atoms with van der Waals surface area (Å²) in [4.78, 5) is 8.25. The maximum absolute atomic E-state index is 13.2. The molecule has 0 saturated carbocycles. The van der Waals surface area contributed by atoms with Crippen LogP contribution >= 0.6 is 11.6 Å². The van der Waals surface area contributed by atoms with Gasteiger partial charge in [0.15, 0.2) is 0 Å². The van der Waals surface area contributed by atoms with Gasteiger partial charge in [0, 0.05) is 18.4 Å². The summed E-state index contributed by atoms with van der Waals surface area (Å²) >= 11 is 5.60. The smallest absolute Gasteiger partial charge is 0.222 e. The van der Waals surface area contributed by atoms with Gasteiger partial charge in [0.25, 0.3) is 0 Å². The molecule has 0 aromatic heterocycles. The highest BCUT2D eigenvalue weighted by molar-refractivity contribution is 6.30. The fourth-order valence-corrected chi connectivity index (χ4v) is 1.21. The minimum absolute atomic E-state index is 0.0961. The third-order valence-corrected chi connectivity index (χ3v) is 2.50. The van der Waals surface area contributed by atoms with E-state index in [0.29, 0.717) is 11.6 Å². The van der Waals surface area contributed by atoms with Crippen molar-refractivity contribution in [1.82, 2.24) is 0 Å². The average molecular weight is 286 g/mol. The van der Waals surface area contributed by atoms with Gasteiger partial charge >= 0.3 is 0 Å². The molecule has 0 aliphatic rings. The van der Waals surface area contributed by atoms with Crippen molar-refractivity contribution in [2.45, 2.75) is 34.1 Å². The molecule has 1 N–H and O–H groups in total. The van der Waals surface area contributed by atoms with Crippen LogP contribution in [0.1, 0.15) is 34.1 Å². The van der Waals surface area contributed by atoms with Crippen molar-refractivity contribution in [2.75, 3.05) is 12.4 Å². The van der Waals surface area contributed by atoms with Crippen molar-refractivity contribution < 1.29 is 4.39 Å². The Balaban J connectivity index is 0.00000154. The summed E-state index contributed by atoms with van der Waals surface area (Å²) in [5, 5.41) is 3.02. The zero-order chi connectivity index (χ0) is 14.8. The largest absolute Gasteiger partial charge is 0.324 e. The van der Waals surface area contributed by atoms with Crippen LogP contribution in [0.4, 0.5) is 10.1 Å². The summed E-state index contributed by atoms with van der Waals surface area (Å²) < 4.78 is 13.2. The van der Waals surface area contributed by atoms with Crippen LogP contribution in [0, 0.1) is 5.82 Å². The van der Waals surface area contributed by atoms with E-state index >= 15 is 0 Å². The van der Waals surface area contributed by atoms with Gasteiger partial charge in [-0.25, -0.2) is 9.38 Å². The molecule has 0 atom stereocenters. The van der Waals surface area contributed by atoms with Crippen molar-refractivity contribution in [3.63, 3.8) is 0 Å². The van der Waals surface area contributed by atoms with Gasteiger partial charge in [-0.3, -0.25) is 4.99 Å². The summed E-state index contributed by atoms with van der Waals surface area (Å²) in [7, 11) is 1.63. The Labute approximate surface area is 119 Å². The van der Waals surface area contributed by atoms with Crippen LogP contribution in [0.5, 0.6) is 0 Å². The number of anilines is 1. The van der Waals surface area contributed by atoms with E-state index in [9.17, 15) is 4.39 Å². The Morgan fingerprint density at radius 3 is 2.47 bits per heavy atom. The fourth-order valence-electron chi connectivity index (χ4n) is 1.10. The molecule has 1 rings (SSSR count). The summed E-state index contributed by atoms with van der Waals surface area (Å²) in [6.07, 6.45) is 0.843. The fraction of sp³-hybridized carbons (Fsp3) is 0.429. The summed E-state index contributed by atoms with van der Waals surface area (Å²) in [6, 6.07) is 4.47. The number of nitrogens with zero attached hydrogens (tertiary/aromatic N) is 2. The molecule has 0 amide bonds. The monoisotopic (exact) mass is 285 g/mol. The first-order chi connectivity index (χ1) is 9.06. The number of hydrogen-bond donors (Lipinski definition) is 1. The van der Waals surface area contributed by atoms with Crippen LogP contribution in [0.25, 0.3) is 0 Å². The van der Waals surface area contributed by atoms with Gasteiger partial charge in [0.1, 0.15) is 5.82 Å². The maximum Gasteiger partial charge on any atom is 0.222 e. The van der Waals surface area contributed by atoms with E-state index in [-0.39, 0.29) is 5.02 Å². The number of aliphatic imine (C=N–C) groups is 2. The Hall–Kier alpha value is -1.42. The predicted octanol–water partition coefficient (Wildman–Crippen LogP) is 4.77. The number of rotatable bonds is 2. The van der Waals surface area contributed by atoms with E-state index in [1.807, 2.05) is 27.7 Å². The van der Waals surface area contributed by atoms with Gasteiger partial charge in [0.05, 0.1) is 5.02 Å². The maximum atomic E-state index is 13.2. The molecule has 5 heteroatoms. The van der Waals surface area contributed by atoms with E-state index in [2.05, 4.69) is 15.3 Å². The second kappa shape index (κ2) is 9.50. The molecule has 0 aliphatic carbocycles. The van der Waals surface area contributed by atoms with Gasteiger partial charge in [0.2, 0.25) is 5.96 Å². The lowest BCUT2D eigenvalue weighted by Gasteiger charge is -2.06. The van der Waals surface area contributed by atoms with Crippen molar-refractivity contribution in [3.8, 4) is 0 Å². The normalized spacial score (nSPS) is 11.7. The highest BCUT2D eigenvalue weighted by Gasteiger charge is 2.03. The Morgan fingerprint density at radius 1 is 1.37 bits per heavy atom. The first-order valence-electron chi connectivity index (χ1n) is 6.29. The molecule has 0 spiro atoms. The van der Waals surface area contributed by atoms with Crippen LogP contribution in [-0.2, 0) is 0 Å². The van der Waals surface area contributed by atoms with Crippen LogP contribution < -0.4 is 5.32 Å². The zero-order valence-corrected chi connectivity index (χ0v) is 12.8. The first kappa shape index (κ1) is 17.6. The van der Waals surface area contributed by atoms with E-state index in [4.69, 9.17) is 11.6 Å². The molecule has 1 aromatic carbocycles. The van der Waals surface area contributed by atoms with Crippen molar-refractivity contribution >= 4 is 29.0 Å². The molecule has 1 aromatic rings. The molecule has 106 valence electrons. The minimum atomic E-state index is -0.469. The lowest BCUT2D eigenvalue weighted by Crippen LogP contribution is -2.11. The van der Waals surface area contributed by atoms with Gasteiger partial charge in [-0.05, 0) is 31.5 Å². The van der Waals surface area contributed by atoms with Gasteiger partial charge in [-0.1, -0.05) is 32.4 Å². The summed E-state index contributed by atoms with van der Waals surface area (Å²) in [6.45, 7) is 7.92. The van der Waals surface area contributed by atoms with E-state index in [1.165, 1.54) is 12.1 Å². The molecule has 3 nitrogen and oxygen atoms in total. The second-order valence-corrected chi connectivity index (χ2v) is 3.91. The third kappa shape index (κ3) is 6.34. The van der Waals surface area contributed by atoms with Gasteiger partial charge in [-0.15, -0.1) is 0 Å². The predicted molar refractivity (Wildman–Crippen MR) is 83.1 cm³/mol. The molecule has 0 heterocycles. The lowest BCUT2D eigenvalue weighted by molar-refractivity contribution is 0.629. The number of hydrogen-bond acceptors (Lipinski definition) is 1. The summed E-state index contributed by atoms with van der Waals surface area (Å²) in [5.41, 5.74) is 1.52. The van der Waals surface area contributed by atoms with Crippen molar-refractivity contribution in [3.05, 3.63) is 29.0 Å². The quantitative estimate of drug-likeness (QED) is 0.616. The lowest BCUT2D eigenvalue weighted by atomic mass is 10.3. The molecule has 0 bridgehead atoms. The topological polar surface area (TPSA) is 36.8 Å². The van der Waals surface area contributed by atoms with Gasteiger partial charge in [-0.2, -0.15) is 0 Å². The van der Waals surface area contributed by atoms with E-state index in [0.717, 1.165) is 12.1 Å². The number of halogens is 2. The molecule has 0 radical (unpaired) electrons. The number of nitrogens with one attached hydrogen (secondary N) is 1. The highest BCUT2D eigenvalue weighted by atomic mass is 35.5. The molecular weight excluding hydrogens is 265 g/mol. The third-order valence-electron chi connectivity index (χ3n) is 2.20. The van der Waals surface area contributed by atoms with Crippen LogP contribution in [0.3, 0.4) is 0 Å². The van der Waals surface area contributed by atoms with Crippen molar-refractivity contribution in [2.24, 2.45) is 9.98 Å². The highest BCUT2D eigenvalue weighted by Crippen LogP contribution is 2.18. The number of guanidine groups is 1. The molecular formula is C14H21ClFN3. The second-order valence-electron chi connectivity index (χ2n) is 3.50. The zero-order valence-electron chi connectivity index (χ0n) is 12.1. The molecule has 0 fully saturated rings. The number of benzene rings is 1. The standard InChI is InChI=1S/C12H15ClFN3.C2H6/c1-4-8(2)16-12(15-3)17-9-5-6-10(13)11(14)7-9;1-2/h5-7H,4H2,1-3H3,(H,15,17);1-2H3/b16-8-;. The summed E-state index contributed by atoms with van der Waals surface area (Å²) in [5.74, 6) is -0.0191. The Morgan fingerprint density at radius 2 is 2.00 bits per heavy atom. The Kier molecular flexibility index (Phi) is 8.79. The van der Waals surface area contributed by atoms with Crippen LogP contribution in [0.15, 0.2) is 28.2 Å². The minimum Gasteiger partial charge on any atom is -0.324 e. The molecule has 19 heavy (non-hydrogen) atoms. The molecule has 0 saturated heterocycles. The first-order valence-corrected chi connectivity index (χ1v) is 6.67. The van der Waals surface area contributed by atoms with E-state index < -0.39 is 5.82 Å². The van der Waals surface area contributed by atoms with Crippen molar-refractivity contribution in [1.29, 1.82) is 0 Å².